The predicted molar refractivity (Wildman–Crippen MR) is 57.6 cm³/mol. The Bertz CT molecular complexity index is 738. The fourth-order valence-corrected chi connectivity index (χ4v) is 1.66. The summed E-state index contributed by atoms with van der Waals surface area (Å²) in [5.41, 5.74) is 1.01. The van der Waals surface area contributed by atoms with Crippen molar-refractivity contribution >= 4 is 0 Å². The molecule has 0 spiro atoms. The summed E-state index contributed by atoms with van der Waals surface area (Å²) in [6, 6.07) is 0. The highest BCUT2D eigenvalue weighted by molar-refractivity contribution is 5.73. The number of nitrogens with one attached hydrogen (secondary N) is 3. The van der Waals surface area contributed by atoms with Gasteiger partial charge < -0.3 is 0 Å². The van der Waals surface area contributed by atoms with Gasteiger partial charge in [-0.2, -0.15) is 25.4 Å². The summed E-state index contributed by atoms with van der Waals surface area (Å²) in [6.07, 6.45) is 1.52. The summed E-state index contributed by atoms with van der Waals surface area (Å²) >= 11 is 0. The van der Waals surface area contributed by atoms with Crippen molar-refractivity contribution in [3.63, 3.8) is 0 Å². The Morgan fingerprint density at radius 2 is 1.50 bits per heavy atom. The van der Waals surface area contributed by atoms with Crippen molar-refractivity contribution < 1.29 is 0 Å². The summed E-state index contributed by atoms with van der Waals surface area (Å²) in [7, 11) is 0. The minimum Gasteiger partial charge on any atom is -0.191 e. The van der Waals surface area contributed by atoms with Crippen LogP contribution in [0.3, 0.4) is 0 Å². The third-order valence-corrected chi connectivity index (χ3v) is 2.44. The van der Waals surface area contributed by atoms with Gasteiger partial charge in [-0.05, 0) is 15.6 Å². The molecule has 20 heavy (non-hydrogen) atoms. The number of hydrogen-bond acceptors (Lipinski definition) is 10. The summed E-state index contributed by atoms with van der Waals surface area (Å²) in [6.45, 7) is 0. The van der Waals surface area contributed by atoms with Gasteiger partial charge in [-0.1, -0.05) is 5.10 Å². The molecule has 0 bridgehead atoms. The van der Waals surface area contributed by atoms with Crippen molar-refractivity contribution in [2.45, 2.75) is 0 Å². The molecule has 4 aromatic rings. The smallest absolute Gasteiger partial charge is 0.191 e. The highest BCUT2D eigenvalue weighted by atomic mass is 15.6. The van der Waals surface area contributed by atoms with Gasteiger partial charge in [0.2, 0.25) is 11.6 Å². The van der Waals surface area contributed by atoms with Gasteiger partial charge in [-0.15, -0.1) is 25.5 Å². The molecule has 0 aromatic carbocycles. The van der Waals surface area contributed by atoms with Gasteiger partial charge in [0, 0.05) is 0 Å². The Hall–Kier alpha value is -3.58. The lowest BCUT2D eigenvalue weighted by Gasteiger charge is -1.99. The first-order chi connectivity index (χ1) is 9.93. The maximum Gasteiger partial charge on any atom is 0.290 e. The van der Waals surface area contributed by atoms with E-state index in [1.165, 1.54) is 10.9 Å². The van der Waals surface area contributed by atoms with Crippen LogP contribution in [0.25, 0.3) is 28.9 Å². The lowest BCUT2D eigenvalue weighted by atomic mass is 10.2. The van der Waals surface area contributed by atoms with Crippen LogP contribution in [0, 0.1) is 0 Å². The zero-order valence-electron chi connectivity index (χ0n) is 9.50. The minimum absolute atomic E-state index is 0.222. The van der Waals surface area contributed by atoms with E-state index in [0.29, 0.717) is 17.1 Å². The Labute approximate surface area is 108 Å². The van der Waals surface area contributed by atoms with Crippen molar-refractivity contribution in [3.05, 3.63) is 6.20 Å². The summed E-state index contributed by atoms with van der Waals surface area (Å²) in [5.74, 6) is 0.839. The molecule has 14 nitrogen and oxygen atoms in total. The zero-order chi connectivity index (χ0) is 13.4. The number of hydrogen-bond donors (Lipinski definition) is 3. The molecular formula is C6H4N14. The van der Waals surface area contributed by atoms with E-state index in [0.717, 1.165) is 0 Å². The van der Waals surface area contributed by atoms with Crippen molar-refractivity contribution in [1.29, 1.82) is 0 Å². The lowest BCUT2D eigenvalue weighted by molar-refractivity contribution is 0.813. The van der Waals surface area contributed by atoms with Crippen LogP contribution in [0.2, 0.25) is 0 Å². The molecule has 3 N–H and O–H groups in total. The number of aromatic nitrogens is 14. The Morgan fingerprint density at radius 1 is 0.800 bits per heavy atom. The molecule has 0 atom stereocenters. The summed E-state index contributed by atoms with van der Waals surface area (Å²) in [5, 5.41) is 45.1. The molecule has 0 aliphatic heterocycles. The second kappa shape index (κ2) is 3.97. The molecule has 4 heterocycles. The standard InChI is InChI=1S/C6H4N14/c1-2(4-8-14-15-9-4)3(5-10-16-17-11-5)20(7-1)6-12-18-19-13-6/h1H,(H,8,9,14,15)(H,10,11,16,17)(H,12,13,18,19). The first-order valence-electron chi connectivity index (χ1n) is 5.23. The monoisotopic (exact) mass is 272 g/mol. The first kappa shape index (κ1) is 10.4. The fraction of sp³-hybridized carbons (Fsp3) is 0. The number of H-pyrrole nitrogens is 3. The molecule has 98 valence electrons. The highest BCUT2D eigenvalue weighted by Gasteiger charge is 2.23. The second-order valence-corrected chi connectivity index (χ2v) is 3.50. The molecule has 14 heteroatoms. The largest absolute Gasteiger partial charge is 0.290 e. The van der Waals surface area contributed by atoms with Gasteiger partial charge in [-0.25, -0.2) is 0 Å². The SMILES string of the molecule is c1nn(-c2nn[nH]n2)c(-c2nn[nH]n2)c1-c1nn[nH]n1. The third kappa shape index (κ3) is 1.44. The quantitative estimate of drug-likeness (QED) is 0.368. The van der Waals surface area contributed by atoms with Crippen LogP contribution in [-0.2, 0) is 0 Å². The second-order valence-electron chi connectivity index (χ2n) is 3.50. The number of nitrogens with zero attached hydrogens (tertiary/aromatic N) is 11. The van der Waals surface area contributed by atoms with Gasteiger partial charge in [0.1, 0.15) is 5.69 Å². The molecule has 4 aromatic heterocycles. The summed E-state index contributed by atoms with van der Waals surface area (Å²) < 4.78 is 1.39. The van der Waals surface area contributed by atoms with Crippen molar-refractivity contribution in [2.75, 3.05) is 0 Å². The van der Waals surface area contributed by atoms with E-state index in [4.69, 9.17) is 0 Å². The van der Waals surface area contributed by atoms with E-state index in [1.807, 2.05) is 0 Å². The molecule has 0 unspecified atom stereocenters. The number of tetrazole rings is 3. The van der Waals surface area contributed by atoms with Crippen LogP contribution in [0.5, 0.6) is 0 Å². The summed E-state index contributed by atoms with van der Waals surface area (Å²) in [4.78, 5) is 0. The lowest BCUT2D eigenvalue weighted by Crippen LogP contribution is -2.03. The molecule has 0 fully saturated rings. The number of rotatable bonds is 3. The van der Waals surface area contributed by atoms with E-state index >= 15 is 0 Å². The van der Waals surface area contributed by atoms with Crippen molar-refractivity contribution in [3.8, 4) is 28.9 Å². The van der Waals surface area contributed by atoms with Gasteiger partial charge in [0.25, 0.3) is 5.95 Å². The Morgan fingerprint density at radius 3 is 2.15 bits per heavy atom. The molecule has 4 rings (SSSR count). The number of aromatic amines is 3. The third-order valence-electron chi connectivity index (χ3n) is 2.44. The van der Waals surface area contributed by atoms with Gasteiger partial charge in [0.05, 0.1) is 11.8 Å². The molecular weight excluding hydrogens is 268 g/mol. The maximum absolute atomic E-state index is 4.16. The fourth-order valence-electron chi connectivity index (χ4n) is 1.66. The van der Waals surface area contributed by atoms with Crippen LogP contribution >= 0.6 is 0 Å². The topological polar surface area (TPSA) is 181 Å². The predicted octanol–water partition coefficient (Wildman–Crippen LogP) is -2.25. The molecule has 0 saturated heterocycles. The molecule has 0 saturated carbocycles. The van der Waals surface area contributed by atoms with Crippen LogP contribution in [0.1, 0.15) is 0 Å². The zero-order valence-corrected chi connectivity index (χ0v) is 9.50. The van der Waals surface area contributed by atoms with Crippen LogP contribution in [0.15, 0.2) is 6.20 Å². The average Bonchev–Trinajstić information content (AvgIpc) is 3.23. The molecule has 0 amide bonds. The molecule has 0 radical (unpaired) electrons. The first-order valence-corrected chi connectivity index (χ1v) is 5.23. The van der Waals surface area contributed by atoms with E-state index in [9.17, 15) is 0 Å². The van der Waals surface area contributed by atoms with Crippen LogP contribution in [-0.4, -0.2) is 71.7 Å². The van der Waals surface area contributed by atoms with Crippen LogP contribution in [0.4, 0.5) is 0 Å². The van der Waals surface area contributed by atoms with Crippen molar-refractivity contribution in [1.82, 2.24) is 71.7 Å². The average molecular weight is 272 g/mol. The maximum atomic E-state index is 4.16. The minimum atomic E-state index is 0.222. The van der Waals surface area contributed by atoms with Crippen LogP contribution < -0.4 is 0 Å². The van der Waals surface area contributed by atoms with Gasteiger partial charge >= 0.3 is 0 Å². The highest BCUT2D eigenvalue weighted by Crippen LogP contribution is 2.27. The van der Waals surface area contributed by atoms with E-state index in [-0.39, 0.29) is 11.8 Å². The Kier molecular flexibility index (Phi) is 2.05. The molecule has 0 aliphatic rings. The van der Waals surface area contributed by atoms with E-state index < -0.39 is 0 Å². The van der Waals surface area contributed by atoms with E-state index in [1.54, 1.807) is 0 Å². The normalized spacial score (nSPS) is 11.0. The van der Waals surface area contributed by atoms with Gasteiger partial charge in [-0.3, -0.25) is 0 Å². The Balaban J connectivity index is 1.98. The van der Waals surface area contributed by atoms with E-state index in [2.05, 4.69) is 67.0 Å². The molecule has 0 aliphatic carbocycles. The van der Waals surface area contributed by atoms with Gasteiger partial charge in [0.15, 0.2) is 0 Å². The van der Waals surface area contributed by atoms with Crippen molar-refractivity contribution in [2.24, 2.45) is 0 Å².